The van der Waals surface area contributed by atoms with E-state index in [0.717, 1.165) is 42.4 Å². The van der Waals surface area contributed by atoms with Crippen LogP contribution in [-0.2, 0) is 14.3 Å². The maximum absolute atomic E-state index is 14.5. The number of benzene rings is 1. The van der Waals surface area contributed by atoms with Crippen LogP contribution in [0.5, 0.6) is 0 Å². The molecule has 0 saturated heterocycles. The van der Waals surface area contributed by atoms with E-state index in [2.05, 4.69) is 37.5 Å². The van der Waals surface area contributed by atoms with Crippen LogP contribution in [0.1, 0.15) is 110 Å². The fourth-order valence-electron chi connectivity index (χ4n) is 4.81. The minimum Gasteiger partial charge on any atom is -0.444 e. The van der Waals surface area contributed by atoms with Crippen molar-refractivity contribution < 1.29 is 19.1 Å². The van der Waals surface area contributed by atoms with Crippen LogP contribution in [0.2, 0.25) is 0 Å². The third kappa shape index (κ3) is 12.1. The van der Waals surface area contributed by atoms with Crippen LogP contribution in [0.25, 0.3) is 0 Å². The first kappa shape index (κ1) is 35.8. The lowest BCUT2D eigenvalue weighted by Gasteiger charge is -2.39. The molecule has 40 heavy (non-hydrogen) atoms. The predicted octanol–water partition coefficient (Wildman–Crippen LogP) is 6.95. The molecular weight excluding hydrogens is 522 g/mol. The lowest BCUT2D eigenvalue weighted by atomic mass is 9.93. The zero-order valence-corrected chi connectivity index (χ0v) is 27.7. The van der Waals surface area contributed by atoms with Crippen molar-refractivity contribution in [3.63, 3.8) is 0 Å². The lowest BCUT2D eigenvalue weighted by molar-refractivity contribution is -0.145. The van der Waals surface area contributed by atoms with Gasteiger partial charge in [0.15, 0.2) is 0 Å². The maximum atomic E-state index is 14.5. The van der Waals surface area contributed by atoms with E-state index in [1.165, 1.54) is 0 Å². The number of ether oxygens (including phenoxy) is 1. The molecule has 1 rings (SSSR count). The fourth-order valence-corrected chi connectivity index (χ4v) is 5.28. The van der Waals surface area contributed by atoms with Gasteiger partial charge < -0.3 is 20.3 Å². The van der Waals surface area contributed by atoms with Crippen LogP contribution in [0.15, 0.2) is 18.2 Å². The van der Waals surface area contributed by atoms with E-state index in [9.17, 15) is 14.4 Å². The van der Waals surface area contributed by atoms with Gasteiger partial charge in [0.2, 0.25) is 11.8 Å². The monoisotopic (exact) mass is 577 g/mol. The number of carbonyl (C=O) groups excluding carboxylic acids is 3. The highest BCUT2D eigenvalue weighted by Gasteiger charge is 2.39. The van der Waals surface area contributed by atoms with Gasteiger partial charge in [-0.15, -0.1) is 0 Å². The summed E-state index contributed by atoms with van der Waals surface area (Å²) in [7, 11) is 0. The highest BCUT2D eigenvalue weighted by Crippen LogP contribution is 2.30. The van der Waals surface area contributed by atoms with E-state index in [1.54, 1.807) is 37.4 Å². The van der Waals surface area contributed by atoms with Crippen LogP contribution >= 0.6 is 11.8 Å². The molecule has 0 aromatic heterocycles. The Kier molecular flexibility index (Phi) is 15.1. The molecule has 0 aliphatic heterocycles. The number of alkyl carbamates (subject to hydrolysis) is 1. The van der Waals surface area contributed by atoms with Crippen LogP contribution in [0, 0.1) is 19.8 Å². The number of nitrogens with zero attached hydrogens (tertiary/aromatic N) is 1. The van der Waals surface area contributed by atoms with Crippen LogP contribution in [-0.4, -0.2) is 58.5 Å². The van der Waals surface area contributed by atoms with E-state index >= 15 is 0 Å². The van der Waals surface area contributed by atoms with Crippen LogP contribution < -0.4 is 10.6 Å². The minimum atomic E-state index is -0.827. The Bertz CT molecular complexity index is 960. The van der Waals surface area contributed by atoms with Gasteiger partial charge in [-0.05, 0) is 103 Å². The number of rotatable bonds is 15. The summed E-state index contributed by atoms with van der Waals surface area (Å²) < 4.78 is 5.52. The standard InChI is InChI=1S/C32H55N3O4S/c1-12-13-24(6)33-29(36)28(26-17-15-22(4)20-23(26)5)35(25(7)16-14-21(2)3)30(37)27(18-19-40-11)34-31(38)39-32(8,9)10/h15,17,20-21,24-25,27-28H,12-14,16,18-19H2,1-11H3,(H,33,36)(H,34,38). The van der Waals surface area contributed by atoms with E-state index in [1.807, 2.05) is 46.1 Å². The van der Waals surface area contributed by atoms with Gasteiger partial charge in [-0.1, -0.05) is 51.0 Å². The second kappa shape index (κ2) is 16.9. The quantitative estimate of drug-likeness (QED) is 0.236. The first-order valence-corrected chi connectivity index (χ1v) is 16.2. The normalized spacial score (nSPS) is 14.7. The largest absolute Gasteiger partial charge is 0.444 e. The molecule has 0 fully saturated rings. The second-order valence-corrected chi connectivity index (χ2v) is 13.5. The predicted molar refractivity (Wildman–Crippen MR) is 168 cm³/mol. The van der Waals surface area contributed by atoms with Crippen molar-refractivity contribution in [2.45, 2.75) is 131 Å². The Morgan fingerprint density at radius 2 is 1.62 bits per heavy atom. The van der Waals surface area contributed by atoms with E-state index in [-0.39, 0.29) is 23.9 Å². The van der Waals surface area contributed by atoms with Gasteiger partial charge in [-0.3, -0.25) is 9.59 Å². The zero-order valence-electron chi connectivity index (χ0n) is 26.8. The summed E-state index contributed by atoms with van der Waals surface area (Å²) in [6, 6.07) is 4.10. The molecule has 0 aliphatic rings. The van der Waals surface area contributed by atoms with Crippen LogP contribution in [0.4, 0.5) is 4.79 Å². The van der Waals surface area contributed by atoms with Crippen molar-refractivity contribution in [3.05, 3.63) is 34.9 Å². The summed E-state index contributed by atoms with van der Waals surface area (Å²) in [5, 5.41) is 6.02. The van der Waals surface area contributed by atoms with Gasteiger partial charge in [0, 0.05) is 12.1 Å². The van der Waals surface area contributed by atoms with Crippen molar-refractivity contribution in [1.29, 1.82) is 0 Å². The van der Waals surface area contributed by atoms with Gasteiger partial charge in [0.25, 0.3) is 0 Å². The van der Waals surface area contributed by atoms with Gasteiger partial charge in [0.05, 0.1) is 0 Å². The number of carbonyl (C=O) groups is 3. The summed E-state index contributed by atoms with van der Waals surface area (Å²) in [5.74, 6) is 0.663. The van der Waals surface area contributed by atoms with Crippen molar-refractivity contribution in [2.75, 3.05) is 12.0 Å². The summed E-state index contributed by atoms with van der Waals surface area (Å²) >= 11 is 1.61. The zero-order chi connectivity index (χ0) is 30.6. The molecule has 1 aromatic carbocycles. The molecule has 7 nitrogen and oxygen atoms in total. The Morgan fingerprint density at radius 1 is 0.975 bits per heavy atom. The Balaban J connectivity index is 3.68. The van der Waals surface area contributed by atoms with Crippen LogP contribution in [0.3, 0.4) is 0 Å². The molecular formula is C32H55N3O4S. The smallest absolute Gasteiger partial charge is 0.408 e. The maximum Gasteiger partial charge on any atom is 0.408 e. The van der Waals surface area contributed by atoms with Gasteiger partial charge in [0.1, 0.15) is 17.7 Å². The Hall–Kier alpha value is -2.22. The molecule has 0 bridgehead atoms. The average molecular weight is 578 g/mol. The average Bonchev–Trinajstić information content (AvgIpc) is 2.82. The minimum absolute atomic E-state index is 0.0270. The lowest BCUT2D eigenvalue weighted by Crippen LogP contribution is -2.56. The topological polar surface area (TPSA) is 87.7 Å². The molecule has 0 aliphatic carbocycles. The number of aryl methyl sites for hydroxylation is 2. The molecule has 4 unspecified atom stereocenters. The molecule has 228 valence electrons. The highest BCUT2D eigenvalue weighted by molar-refractivity contribution is 7.98. The summed E-state index contributed by atoms with van der Waals surface area (Å²) in [5.41, 5.74) is 2.16. The number of thioether (sulfide) groups is 1. The van der Waals surface area contributed by atoms with Gasteiger partial charge >= 0.3 is 6.09 Å². The Labute approximate surface area is 248 Å². The second-order valence-electron chi connectivity index (χ2n) is 12.5. The molecule has 0 radical (unpaired) electrons. The molecule has 4 atom stereocenters. The molecule has 0 spiro atoms. The molecule has 8 heteroatoms. The first-order valence-electron chi connectivity index (χ1n) is 14.8. The SMILES string of the molecule is CCCC(C)NC(=O)C(c1ccc(C)cc1C)N(C(=O)C(CCSC)NC(=O)OC(C)(C)C)C(C)CCC(C)C. The van der Waals surface area contributed by atoms with Crippen molar-refractivity contribution >= 4 is 29.7 Å². The third-order valence-corrected chi connectivity index (χ3v) is 7.49. The summed E-state index contributed by atoms with van der Waals surface area (Å²) in [6.07, 6.45) is 5.21. The Morgan fingerprint density at radius 3 is 2.15 bits per heavy atom. The third-order valence-electron chi connectivity index (χ3n) is 6.85. The molecule has 0 saturated carbocycles. The fraction of sp³-hybridized carbons (Fsp3) is 0.719. The summed E-state index contributed by atoms with van der Waals surface area (Å²) in [6.45, 7) is 19.8. The number of amides is 3. The van der Waals surface area contributed by atoms with E-state index < -0.39 is 23.8 Å². The van der Waals surface area contributed by atoms with Crippen molar-refractivity contribution in [1.82, 2.24) is 15.5 Å². The van der Waals surface area contributed by atoms with Crippen molar-refractivity contribution in [3.8, 4) is 0 Å². The van der Waals surface area contributed by atoms with E-state index in [4.69, 9.17) is 4.74 Å². The first-order chi connectivity index (χ1) is 18.6. The molecule has 2 N–H and O–H groups in total. The number of nitrogens with one attached hydrogen (secondary N) is 2. The van der Waals surface area contributed by atoms with Crippen molar-refractivity contribution in [2.24, 2.45) is 5.92 Å². The molecule has 0 heterocycles. The molecule has 1 aromatic rings. The van der Waals surface area contributed by atoms with E-state index in [0.29, 0.717) is 18.1 Å². The highest BCUT2D eigenvalue weighted by atomic mass is 32.2. The number of hydrogen-bond acceptors (Lipinski definition) is 5. The molecule has 3 amide bonds. The van der Waals surface area contributed by atoms with Gasteiger partial charge in [-0.25, -0.2) is 4.79 Å². The van der Waals surface area contributed by atoms with Gasteiger partial charge in [-0.2, -0.15) is 11.8 Å². The number of hydrogen-bond donors (Lipinski definition) is 2. The summed E-state index contributed by atoms with van der Waals surface area (Å²) in [4.78, 5) is 43.2.